The van der Waals surface area contributed by atoms with E-state index in [1.807, 2.05) is 43.3 Å². The maximum Gasteiger partial charge on any atom is 0.187 e. The molecule has 0 aliphatic heterocycles. The van der Waals surface area contributed by atoms with Gasteiger partial charge in [0.2, 0.25) is 0 Å². The van der Waals surface area contributed by atoms with E-state index in [0.29, 0.717) is 5.56 Å². The second kappa shape index (κ2) is 5.77. The zero-order chi connectivity index (χ0) is 14.7. The van der Waals surface area contributed by atoms with Crippen molar-refractivity contribution in [2.45, 2.75) is 6.54 Å². The number of anilines is 2. The van der Waals surface area contributed by atoms with Crippen molar-refractivity contribution >= 4 is 11.4 Å². The minimum absolute atomic E-state index is 0.269. The first-order valence-corrected chi connectivity index (χ1v) is 6.15. The molecule has 0 amide bonds. The Morgan fingerprint density at radius 1 is 1.10 bits per heavy atom. The quantitative estimate of drug-likeness (QED) is 0.900. The smallest absolute Gasteiger partial charge is 0.187 e. The van der Waals surface area contributed by atoms with Crippen LogP contribution < -0.4 is 10.2 Å². The maximum atomic E-state index is 13.2. The maximum absolute atomic E-state index is 13.2. The Hall–Kier alpha value is -2.30. The van der Waals surface area contributed by atoms with E-state index in [0.717, 1.165) is 23.5 Å². The number of aromatic hydroxyl groups is 1. The Morgan fingerprint density at radius 3 is 2.35 bits per heavy atom. The molecule has 5 heteroatoms. The van der Waals surface area contributed by atoms with E-state index in [1.54, 1.807) is 0 Å². The van der Waals surface area contributed by atoms with Gasteiger partial charge in [0.15, 0.2) is 17.4 Å². The van der Waals surface area contributed by atoms with E-state index >= 15 is 0 Å². The highest BCUT2D eigenvalue weighted by molar-refractivity contribution is 5.57. The Morgan fingerprint density at radius 2 is 1.75 bits per heavy atom. The normalized spacial score (nSPS) is 10.4. The molecule has 0 saturated carbocycles. The van der Waals surface area contributed by atoms with E-state index < -0.39 is 17.4 Å². The molecule has 2 aromatic carbocycles. The van der Waals surface area contributed by atoms with Crippen LogP contribution in [0.15, 0.2) is 36.4 Å². The number of benzene rings is 2. The number of phenols is 1. The van der Waals surface area contributed by atoms with E-state index in [1.165, 1.54) is 0 Å². The van der Waals surface area contributed by atoms with Crippen LogP contribution in [0.25, 0.3) is 0 Å². The fourth-order valence-electron chi connectivity index (χ4n) is 1.82. The lowest BCUT2D eigenvalue weighted by Crippen LogP contribution is -2.09. The summed E-state index contributed by atoms with van der Waals surface area (Å²) in [6.07, 6.45) is 0. The van der Waals surface area contributed by atoms with Crippen molar-refractivity contribution in [1.29, 1.82) is 0 Å². The standard InChI is InChI=1S/C15H16F2N2O/c1-19(2)12-5-3-4-11(8-12)18-9-10-6-13(16)15(20)14(17)7-10/h3-8,18,20H,9H2,1-2H3. The number of nitrogens with zero attached hydrogens (tertiary/aromatic N) is 1. The van der Waals surface area contributed by atoms with Crippen LogP contribution in [0.4, 0.5) is 20.2 Å². The number of hydrogen-bond donors (Lipinski definition) is 2. The topological polar surface area (TPSA) is 35.5 Å². The van der Waals surface area contributed by atoms with Crippen LogP contribution >= 0.6 is 0 Å². The van der Waals surface area contributed by atoms with Gasteiger partial charge in [0.05, 0.1) is 0 Å². The van der Waals surface area contributed by atoms with Crippen LogP contribution in [-0.2, 0) is 6.54 Å². The van der Waals surface area contributed by atoms with Crippen molar-refractivity contribution in [3.05, 3.63) is 53.6 Å². The largest absolute Gasteiger partial charge is 0.503 e. The van der Waals surface area contributed by atoms with E-state index in [2.05, 4.69) is 5.32 Å². The summed E-state index contributed by atoms with van der Waals surface area (Å²) in [5, 5.41) is 12.1. The Balaban J connectivity index is 2.11. The van der Waals surface area contributed by atoms with Gasteiger partial charge in [0.1, 0.15) is 0 Å². The lowest BCUT2D eigenvalue weighted by molar-refractivity contribution is 0.395. The molecule has 0 saturated heterocycles. The molecular formula is C15H16F2N2O. The van der Waals surface area contributed by atoms with E-state index in [4.69, 9.17) is 5.11 Å². The third kappa shape index (κ3) is 3.17. The molecule has 0 aromatic heterocycles. The fraction of sp³-hybridized carbons (Fsp3) is 0.200. The van der Waals surface area contributed by atoms with Gasteiger partial charge in [0, 0.05) is 32.0 Å². The number of halogens is 2. The minimum atomic E-state index is -0.955. The minimum Gasteiger partial charge on any atom is -0.503 e. The first-order valence-electron chi connectivity index (χ1n) is 6.15. The molecule has 0 atom stereocenters. The van der Waals surface area contributed by atoms with Gasteiger partial charge in [-0.15, -0.1) is 0 Å². The van der Waals surface area contributed by atoms with E-state index in [9.17, 15) is 8.78 Å². The third-order valence-electron chi connectivity index (χ3n) is 2.94. The van der Waals surface area contributed by atoms with Crippen LogP contribution in [-0.4, -0.2) is 19.2 Å². The average Bonchev–Trinajstić information content (AvgIpc) is 2.42. The van der Waals surface area contributed by atoms with Gasteiger partial charge >= 0.3 is 0 Å². The summed E-state index contributed by atoms with van der Waals surface area (Å²) in [4.78, 5) is 1.96. The van der Waals surface area contributed by atoms with Crippen LogP contribution in [0.5, 0.6) is 5.75 Å². The summed E-state index contributed by atoms with van der Waals surface area (Å²) in [6, 6.07) is 9.90. The Kier molecular flexibility index (Phi) is 4.08. The lowest BCUT2D eigenvalue weighted by Gasteiger charge is -2.14. The predicted octanol–water partition coefficient (Wildman–Crippen LogP) is 3.35. The molecule has 0 spiro atoms. The van der Waals surface area contributed by atoms with Crippen molar-refractivity contribution in [1.82, 2.24) is 0 Å². The highest BCUT2D eigenvalue weighted by Crippen LogP contribution is 2.23. The van der Waals surface area contributed by atoms with Crippen LogP contribution in [0.3, 0.4) is 0 Å². The zero-order valence-electron chi connectivity index (χ0n) is 11.3. The number of hydrogen-bond acceptors (Lipinski definition) is 3. The number of rotatable bonds is 4. The first-order chi connectivity index (χ1) is 9.47. The van der Waals surface area contributed by atoms with E-state index in [-0.39, 0.29) is 6.54 Å². The van der Waals surface area contributed by atoms with Crippen LogP contribution in [0.2, 0.25) is 0 Å². The Labute approximate surface area is 116 Å². The van der Waals surface area contributed by atoms with Gasteiger partial charge in [-0.2, -0.15) is 0 Å². The molecule has 2 aromatic rings. The van der Waals surface area contributed by atoms with Crippen molar-refractivity contribution in [3.8, 4) is 5.75 Å². The molecule has 0 aliphatic rings. The second-order valence-electron chi connectivity index (χ2n) is 4.71. The number of nitrogens with one attached hydrogen (secondary N) is 1. The molecule has 3 nitrogen and oxygen atoms in total. The summed E-state index contributed by atoms with van der Waals surface area (Å²) < 4.78 is 26.4. The third-order valence-corrected chi connectivity index (χ3v) is 2.94. The van der Waals surface area contributed by atoms with Gasteiger partial charge in [0.25, 0.3) is 0 Å². The van der Waals surface area contributed by atoms with Gasteiger partial charge in [-0.3, -0.25) is 0 Å². The molecule has 2 N–H and O–H groups in total. The summed E-state index contributed by atoms with van der Waals surface area (Å²) >= 11 is 0. The molecule has 2 rings (SSSR count). The summed E-state index contributed by atoms with van der Waals surface area (Å²) in [5.41, 5.74) is 2.30. The average molecular weight is 278 g/mol. The molecule has 0 fully saturated rings. The SMILES string of the molecule is CN(C)c1cccc(NCc2cc(F)c(O)c(F)c2)c1. The Bertz CT molecular complexity index is 592. The second-order valence-corrected chi connectivity index (χ2v) is 4.71. The predicted molar refractivity (Wildman–Crippen MR) is 76.1 cm³/mol. The van der Waals surface area contributed by atoms with Gasteiger partial charge < -0.3 is 15.3 Å². The van der Waals surface area contributed by atoms with Crippen molar-refractivity contribution in [3.63, 3.8) is 0 Å². The molecule has 0 unspecified atom stereocenters. The summed E-state index contributed by atoms with van der Waals surface area (Å²) in [5.74, 6) is -2.85. The van der Waals surface area contributed by atoms with Crippen molar-refractivity contribution < 1.29 is 13.9 Å². The van der Waals surface area contributed by atoms with Gasteiger partial charge in [-0.05, 0) is 35.9 Å². The highest BCUT2D eigenvalue weighted by atomic mass is 19.1. The molecule has 0 bridgehead atoms. The lowest BCUT2D eigenvalue weighted by atomic mass is 10.2. The molecule has 0 aliphatic carbocycles. The first kappa shape index (κ1) is 14.1. The van der Waals surface area contributed by atoms with Crippen molar-refractivity contribution in [2.24, 2.45) is 0 Å². The molecular weight excluding hydrogens is 262 g/mol. The van der Waals surface area contributed by atoms with Gasteiger partial charge in [-0.1, -0.05) is 6.07 Å². The highest BCUT2D eigenvalue weighted by Gasteiger charge is 2.09. The van der Waals surface area contributed by atoms with Crippen LogP contribution in [0.1, 0.15) is 5.56 Å². The molecule has 106 valence electrons. The molecule has 20 heavy (non-hydrogen) atoms. The monoisotopic (exact) mass is 278 g/mol. The zero-order valence-corrected chi connectivity index (χ0v) is 11.3. The fourth-order valence-corrected chi connectivity index (χ4v) is 1.82. The molecule has 0 heterocycles. The summed E-state index contributed by atoms with van der Waals surface area (Å²) in [6.45, 7) is 0.269. The molecule has 0 radical (unpaired) electrons. The van der Waals surface area contributed by atoms with Gasteiger partial charge in [-0.25, -0.2) is 8.78 Å². The van der Waals surface area contributed by atoms with Crippen LogP contribution in [0, 0.1) is 11.6 Å². The summed E-state index contributed by atoms with van der Waals surface area (Å²) in [7, 11) is 3.87. The van der Waals surface area contributed by atoms with Crippen molar-refractivity contribution in [2.75, 3.05) is 24.3 Å². The number of phenolic OH excluding ortho intramolecular Hbond substituents is 1.